The molecule has 2 rings (SSSR count). The van der Waals surface area contributed by atoms with E-state index < -0.39 is 5.97 Å². The van der Waals surface area contributed by atoms with Crippen LogP contribution < -0.4 is 0 Å². The molecule has 1 aromatic carbocycles. The number of fused-ring (bicyclic) bond motifs is 1. The topological polar surface area (TPSA) is 73.3 Å². The molecule has 4 nitrogen and oxygen atoms in total. The number of carboxylic acids is 1. The highest BCUT2D eigenvalue weighted by Gasteiger charge is 2.15. The number of hydrogen-bond acceptors (Lipinski definition) is 2. The molecule has 72 valence electrons. The summed E-state index contributed by atoms with van der Waals surface area (Å²) in [6.45, 7) is 0. The molecule has 0 spiro atoms. The molecule has 1 heterocycles. The average molecular weight is 212 g/mol. The van der Waals surface area contributed by atoms with Crippen LogP contribution >= 0.6 is 11.6 Å². The van der Waals surface area contributed by atoms with E-state index in [4.69, 9.17) is 16.7 Å². The van der Waals surface area contributed by atoms with Gasteiger partial charge in [0.1, 0.15) is 5.75 Å². The van der Waals surface area contributed by atoms with Gasteiger partial charge in [0.05, 0.1) is 10.6 Å². The third-order valence-corrected chi connectivity index (χ3v) is 2.38. The van der Waals surface area contributed by atoms with E-state index in [1.165, 1.54) is 12.3 Å². The van der Waals surface area contributed by atoms with Gasteiger partial charge in [-0.05, 0) is 12.1 Å². The molecule has 3 N–H and O–H groups in total. The molecule has 0 aliphatic carbocycles. The van der Waals surface area contributed by atoms with Gasteiger partial charge in [0, 0.05) is 17.1 Å². The summed E-state index contributed by atoms with van der Waals surface area (Å²) in [4.78, 5) is 13.5. The fourth-order valence-corrected chi connectivity index (χ4v) is 1.61. The van der Waals surface area contributed by atoms with Crippen LogP contribution in [0.5, 0.6) is 5.75 Å². The van der Waals surface area contributed by atoms with Gasteiger partial charge in [-0.2, -0.15) is 0 Å². The predicted molar refractivity (Wildman–Crippen MR) is 51.9 cm³/mol. The van der Waals surface area contributed by atoms with E-state index in [1.807, 2.05) is 0 Å². The van der Waals surface area contributed by atoms with Crippen molar-refractivity contribution in [2.45, 2.75) is 0 Å². The highest BCUT2D eigenvalue weighted by Crippen LogP contribution is 2.33. The van der Waals surface area contributed by atoms with Crippen LogP contribution in [-0.4, -0.2) is 21.2 Å². The molecule has 0 aliphatic rings. The monoisotopic (exact) mass is 211 g/mol. The van der Waals surface area contributed by atoms with Crippen LogP contribution in [0, 0.1) is 0 Å². The number of aromatic hydroxyl groups is 1. The van der Waals surface area contributed by atoms with Crippen molar-refractivity contribution >= 4 is 28.5 Å². The number of halogens is 1. The van der Waals surface area contributed by atoms with E-state index in [9.17, 15) is 9.90 Å². The third kappa shape index (κ3) is 1.12. The number of nitrogens with one attached hydrogen (secondary N) is 1. The Hall–Kier alpha value is -1.68. The number of aromatic nitrogens is 1. The molecular formula is C9H6ClNO3. The van der Waals surface area contributed by atoms with E-state index in [-0.39, 0.29) is 16.3 Å². The third-order valence-electron chi connectivity index (χ3n) is 1.99. The Kier molecular flexibility index (Phi) is 1.86. The minimum Gasteiger partial charge on any atom is -0.506 e. The Morgan fingerprint density at radius 2 is 2.14 bits per heavy atom. The van der Waals surface area contributed by atoms with Crippen LogP contribution in [0.4, 0.5) is 0 Å². The predicted octanol–water partition coefficient (Wildman–Crippen LogP) is 2.23. The summed E-state index contributed by atoms with van der Waals surface area (Å²) in [6, 6.07) is 2.98. The molecule has 2 aromatic rings. The van der Waals surface area contributed by atoms with Crippen molar-refractivity contribution in [2.75, 3.05) is 0 Å². The standard InChI is InChI=1S/C9H6ClNO3/c10-8-6(12)2-1-5-7(8)4(3-11-5)9(13)14/h1-3,11-12H,(H,13,14). The van der Waals surface area contributed by atoms with Gasteiger partial charge in [-0.1, -0.05) is 11.6 Å². The number of rotatable bonds is 1. The van der Waals surface area contributed by atoms with E-state index >= 15 is 0 Å². The number of hydrogen-bond donors (Lipinski definition) is 3. The molecule has 0 unspecified atom stereocenters. The molecule has 0 saturated heterocycles. The van der Waals surface area contributed by atoms with Crippen LogP contribution in [0.2, 0.25) is 5.02 Å². The van der Waals surface area contributed by atoms with Crippen LogP contribution in [0.15, 0.2) is 18.3 Å². The minimum absolute atomic E-state index is 0.0564. The Morgan fingerprint density at radius 3 is 2.79 bits per heavy atom. The lowest BCUT2D eigenvalue weighted by Gasteiger charge is -1.98. The lowest BCUT2D eigenvalue weighted by Crippen LogP contribution is -1.93. The summed E-state index contributed by atoms with van der Waals surface area (Å²) in [6.07, 6.45) is 1.35. The molecule has 0 fully saturated rings. The maximum Gasteiger partial charge on any atom is 0.337 e. The summed E-state index contributed by atoms with van der Waals surface area (Å²) >= 11 is 5.78. The Morgan fingerprint density at radius 1 is 1.43 bits per heavy atom. The highest BCUT2D eigenvalue weighted by atomic mass is 35.5. The van der Waals surface area contributed by atoms with Crippen LogP contribution in [0.25, 0.3) is 10.9 Å². The van der Waals surface area contributed by atoms with Crippen molar-refractivity contribution in [2.24, 2.45) is 0 Å². The minimum atomic E-state index is -1.08. The quantitative estimate of drug-likeness (QED) is 0.677. The molecule has 0 saturated carbocycles. The molecular weight excluding hydrogens is 206 g/mol. The first-order valence-corrected chi connectivity index (χ1v) is 4.21. The van der Waals surface area contributed by atoms with E-state index in [1.54, 1.807) is 6.07 Å². The lowest BCUT2D eigenvalue weighted by molar-refractivity contribution is 0.0699. The first-order valence-electron chi connectivity index (χ1n) is 3.83. The van der Waals surface area contributed by atoms with Gasteiger partial charge < -0.3 is 15.2 Å². The number of carbonyl (C=O) groups is 1. The normalized spacial score (nSPS) is 10.6. The number of H-pyrrole nitrogens is 1. The number of aromatic carboxylic acids is 1. The second kappa shape index (κ2) is 2.92. The molecule has 0 radical (unpaired) electrons. The van der Waals surface area contributed by atoms with Gasteiger partial charge in [-0.3, -0.25) is 0 Å². The highest BCUT2D eigenvalue weighted by molar-refractivity contribution is 6.38. The first-order chi connectivity index (χ1) is 6.61. The fraction of sp³-hybridized carbons (Fsp3) is 0. The number of benzene rings is 1. The Bertz CT molecular complexity index is 518. The first kappa shape index (κ1) is 8.90. The van der Waals surface area contributed by atoms with Gasteiger partial charge in [-0.25, -0.2) is 4.79 Å². The molecule has 0 amide bonds. The Balaban J connectivity index is 2.89. The zero-order chi connectivity index (χ0) is 10.3. The van der Waals surface area contributed by atoms with Crippen molar-refractivity contribution < 1.29 is 15.0 Å². The van der Waals surface area contributed by atoms with E-state index in [2.05, 4.69) is 4.98 Å². The second-order valence-electron chi connectivity index (χ2n) is 2.83. The number of phenols is 1. The summed E-state index contributed by atoms with van der Waals surface area (Å²) in [5.74, 6) is -1.20. The smallest absolute Gasteiger partial charge is 0.337 e. The number of phenolic OH excluding ortho intramolecular Hbond substituents is 1. The van der Waals surface area contributed by atoms with Gasteiger partial charge in [0.25, 0.3) is 0 Å². The molecule has 0 bridgehead atoms. The summed E-state index contributed by atoms with van der Waals surface area (Å²) in [5, 5.41) is 18.5. The maximum atomic E-state index is 10.8. The average Bonchev–Trinajstić information content (AvgIpc) is 2.55. The van der Waals surface area contributed by atoms with E-state index in [0.29, 0.717) is 10.9 Å². The summed E-state index contributed by atoms with van der Waals surface area (Å²) < 4.78 is 0. The zero-order valence-electron chi connectivity index (χ0n) is 6.91. The molecule has 5 heteroatoms. The summed E-state index contributed by atoms with van der Waals surface area (Å²) in [7, 11) is 0. The fourth-order valence-electron chi connectivity index (χ4n) is 1.34. The second-order valence-corrected chi connectivity index (χ2v) is 3.21. The van der Waals surface area contributed by atoms with Gasteiger partial charge >= 0.3 is 5.97 Å². The van der Waals surface area contributed by atoms with Crippen LogP contribution in [-0.2, 0) is 0 Å². The number of aromatic amines is 1. The largest absolute Gasteiger partial charge is 0.506 e. The van der Waals surface area contributed by atoms with E-state index in [0.717, 1.165) is 0 Å². The van der Waals surface area contributed by atoms with Crippen molar-refractivity contribution in [1.29, 1.82) is 0 Å². The number of carboxylic acid groups (broad SMARTS) is 1. The van der Waals surface area contributed by atoms with Gasteiger partial charge in [0.2, 0.25) is 0 Å². The van der Waals surface area contributed by atoms with Crippen molar-refractivity contribution in [3.8, 4) is 5.75 Å². The van der Waals surface area contributed by atoms with Crippen molar-refractivity contribution in [3.05, 3.63) is 28.9 Å². The molecule has 0 atom stereocenters. The summed E-state index contributed by atoms with van der Waals surface area (Å²) in [5.41, 5.74) is 0.645. The van der Waals surface area contributed by atoms with Crippen LogP contribution in [0.3, 0.4) is 0 Å². The zero-order valence-corrected chi connectivity index (χ0v) is 7.67. The lowest BCUT2D eigenvalue weighted by atomic mass is 10.1. The Labute approximate surface area is 83.7 Å². The van der Waals surface area contributed by atoms with Crippen LogP contribution in [0.1, 0.15) is 10.4 Å². The van der Waals surface area contributed by atoms with Crippen molar-refractivity contribution in [3.63, 3.8) is 0 Å². The molecule has 14 heavy (non-hydrogen) atoms. The van der Waals surface area contributed by atoms with Crippen molar-refractivity contribution in [1.82, 2.24) is 4.98 Å². The van der Waals surface area contributed by atoms with Gasteiger partial charge in [0.15, 0.2) is 0 Å². The van der Waals surface area contributed by atoms with Gasteiger partial charge in [-0.15, -0.1) is 0 Å². The molecule has 0 aliphatic heterocycles. The SMILES string of the molecule is O=C(O)c1c[nH]c2ccc(O)c(Cl)c12. The maximum absolute atomic E-state index is 10.8. The molecule has 1 aromatic heterocycles.